The molecule has 0 saturated carbocycles. The minimum atomic E-state index is 0.567. The second-order valence-electron chi connectivity index (χ2n) is 9.43. The van der Waals surface area contributed by atoms with Crippen molar-refractivity contribution in [2.75, 3.05) is 0 Å². The molecule has 0 bridgehead atoms. The van der Waals surface area contributed by atoms with Gasteiger partial charge in [-0.2, -0.15) is 0 Å². The Balaban J connectivity index is 4.09. The van der Waals surface area contributed by atoms with Crippen LogP contribution < -0.4 is 0 Å². The fraction of sp³-hybridized carbons (Fsp3) is 1.00. The van der Waals surface area contributed by atoms with E-state index in [1.165, 1.54) is 116 Å². The molecule has 0 spiro atoms. The van der Waals surface area contributed by atoms with E-state index in [0.29, 0.717) is 5.41 Å². The van der Waals surface area contributed by atoms with E-state index >= 15 is 0 Å². The Hall–Kier alpha value is 0. The average molecular weight is 353 g/mol. The highest BCUT2D eigenvalue weighted by atomic mass is 14.3. The molecule has 0 aromatic carbocycles. The van der Waals surface area contributed by atoms with Gasteiger partial charge in [0.1, 0.15) is 0 Å². The highest BCUT2D eigenvalue weighted by Crippen LogP contribution is 2.33. The summed E-state index contributed by atoms with van der Waals surface area (Å²) >= 11 is 0. The monoisotopic (exact) mass is 352 g/mol. The Labute approximate surface area is 161 Å². The molecule has 0 N–H and O–H groups in total. The van der Waals surface area contributed by atoms with E-state index in [2.05, 4.69) is 34.6 Å². The van der Waals surface area contributed by atoms with E-state index in [1.54, 1.807) is 0 Å². The number of hydrogen-bond donors (Lipinski definition) is 0. The molecule has 1 unspecified atom stereocenters. The van der Waals surface area contributed by atoms with Gasteiger partial charge in [0.25, 0.3) is 0 Å². The van der Waals surface area contributed by atoms with Crippen molar-refractivity contribution in [1.29, 1.82) is 0 Å². The van der Waals surface area contributed by atoms with Crippen molar-refractivity contribution in [2.45, 2.75) is 150 Å². The van der Waals surface area contributed by atoms with E-state index in [-0.39, 0.29) is 0 Å². The molecule has 0 radical (unpaired) electrons. The third-order valence-corrected chi connectivity index (χ3v) is 6.12. The van der Waals surface area contributed by atoms with Crippen molar-refractivity contribution in [3.05, 3.63) is 0 Å². The quantitative estimate of drug-likeness (QED) is 0.203. The van der Waals surface area contributed by atoms with Gasteiger partial charge < -0.3 is 0 Å². The lowest BCUT2D eigenvalue weighted by Gasteiger charge is -2.27. The third kappa shape index (κ3) is 17.2. The Kier molecular flexibility index (Phi) is 17.4. The SMILES string of the molecule is CCCCCCCCC(CCCCCC)CCC(C)(C)CCCCC. The fourth-order valence-electron chi connectivity index (χ4n) is 4.08. The lowest BCUT2D eigenvalue weighted by Crippen LogP contribution is -2.14. The van der Waals surface area contributed by atoms with Gasteiger partial charge in [0.05, 0.1) is 0 Å². The molecule has 0 aliphatic heterocycles. The predicted molar refractivity (Wildman–Crippen MR) is 117 cm³/mol. The molecule has 0 aliphatic rings. The molecular weight excluding hydrogens is 300 g/mol. The molecule has 0 amide bonds. The van der Waals surface area contributed by atoms with Crippen LogP contribution in [-0.4, -0.2) is 0 Å². The van der Waals surface area contributed by atoms with E-state index in [4.69, 9.17) is 0 Å². The van der Waals surface area contributed by atoms with Crippen LogP contribution >= 0.6 is 0 Å². The van der Waals surface area contributed by atoms with Crippen LogP contribution in [0.2, 0.25) is 0 Å². The largest absolute Gasteiger partial charge is 0.0654 e. The Morgan fingerprint density at radius 2 is 0.920 bits per heavy atom. The molecule has 0 heterocycles. The van der Waals surface area contributed by atoms with Crippen LogP contribution in [0, 0.1) is 11.3 Å². The summed E-state index contributed by atoms with van der Waals surface area (Å²) in [6.07, 6.45) is 26.0. The smallest absolute Gasteiger partial charge is 0.0354 e. The van der Waals surface area contributed by atoms with Gasteiger partial charge in [-0.1, -0.05) is 131 Å². The highest BCUT2D eigenvalue weighted by Gasteiger charge is 2.19. The van der Waals surface area contributed by atoms with Crippen molar-refractivity contribution in [3.8, 4) is 0 Å². The first-order valence-corrected chi connectivity index (χ1v) is 12.1. The second-order valence-corrected chi connectivity index (χ2v) is 9.43. The van der Waals surface area contributed by atoms with Gasteiger partial charge in [-0.15, -0.1) is 0 Å². The topological polar surface area (TPSA) is 0 Å². The summed E-state index contributed by atoms with van der Waals surface area (Å²) in [7, 11) is 0. The summed E-state index contributed by atoms with van der Waals surface area (Å²) in [5.74, 6) is 1.01. The maximum absolute atomic E-state index is 2.52. The zero-order valence-corrected chi connectivity index (χ0v) is 18.8. The second kappa shape index (κ2) is 17.4. The summed E-state index contributed by atoms with van der Waals surface area (Å²) in [6, 6.07) is 0. The van der Waals surface area contributed by atoms with Crippen LogP contribution in [0.3, 0.4) is 0 Å². The average Bonchev–Trinajstić information content (AvgIpc) is 2.59. The van der Waals surface area contributed by atoms with E-state index < -0.39 is 0 Å². The standard InChI is InChI=1S/C25H52/c1-6-9-12-14-15-17-20-24(19-16-13-10-7-2)21-23-25(4,5)22-18-11-8-3/h24H,6-23H2,1-5H3. The molecule has 152 valence electrons. The van der Waals surface area contributed by atoms with Crippen molar-refractivity contribution in [2.24, 2.45) is 11.3 Å². The van der Waals surface area contributed by atoms with E-state index in [9.17, 15) is 0 Å². The lowest BCUT2D eigenvalue weighted by molar-refractivity contribution is 0.249. The van der Waals surface area contributed by atoms with Gasteiger partial charge in [0.15, 0.2) is 0 Å². The molecule has 0 fully saturated rings. The van der Waals surface area contributed by atoms with Crippen LogP contribution in [-0.2, 0) is 0 Å². The molecule has 1 atom stereocenters. The Bertz CT molecular complexity index is 253. The number of hydrogen-bond acceptors (Lipinski definition) is 0. The predicted octanol–water partition coefficient (Wildman–Crippen LogP) is 9.71. The molecule has 0 rings (SSSR count). The van der Waals surface area contributed by atoms with Gasteiger partial charge >= 0.3 is 0 Å². The van der Waals surface area contributed by atoms with Crippen molar-refractivity contribution in [3.63, 3.8) is 0 Å². The minimum absolute atomic E-state index is 0.567. The van der Waals surface area contributed by atoms with Crippen molar-refractivity contribution in [1.82, 2.24) is 0 Å². The molecule has 0 aromatic rings. The zero-order chi connectivity index (χ0) is 18.8. The normalized spacial score (nSPS) is 13.3. The van der Waals surface area contributed by atoms with Crippen LogP contribution in [0.25, 0.3) is 0 Å². The first kappa shape index (κ1) is 25.0. The molecular formula is C25H52. The van der Waals surface area contributed by atoms with Gasteiger partial charge in [-0.25, -0.2) is 0 Å². The van der Waals surface area contributed by atoms with Gasteiger partial charge in [0.2, 0.25) is 0 Å². The third-order valence-electron chi connectivity index (χ3n) is 6.12. The van der Waals surface area contributed by atoms with E-state index in [0.717, 1.165) is 5.92 Å². The summed E-state index contributed by atoms with van der Waals surface area (Å²) in [5, 5.41) is 0. The number of rotatable bonds is 19. The van der Waals surface area contributed by atoms with Crippen LogP contribution in [0.5, 0.6) is 0 Å². The van der Waals surface area contributed by atoms with Crippen molar-refractivity contribution >= 4 is 0 Å². The minimum Gasteiger partial charge on any atom is -0.0654 e. The maximum Gasteiger partial charge on any atom is -0.0354 e. The summed E-state index contributed by atoms with van der Waals surface area (Å²) < 4.78 is 0. The van der Waals surface area contributed by atoms with Gasteiger partial charge in [0, 0.05) is 0 Å². The maximum atomic E-state index is 2.52. The highest BCUT2D eigenvalue weighted by molar-refractivity contribution is 4.72. The van der Waals surface area contributed by atoms with Crippen LogP contribution in [0.4, 0.5) is 0 Å². The van der Waals surface area contributed by atoms with Crippen LogP contribution in [0.15, 0.2) is 0 Å². The molecule has 0 aliphatic carbocycles. The first-order chi connectivity index (χ1) is 12.1. The van der Waals surface area contributed by atoms with Gasteiger partial charge in [-0.05, 0) is 30.6 Å². The van der Waals surface area contributed by atoms with Gasteiger partial charge in [-0.3, -0.25) is 0 Å². The van der Waals surface area contributed by atoms with Crippen molar-refractivity contribution < 1.29 is 0 Å². The number of unbranched alkanes of at least 4 members (excludes halogenated alkanes) is 10. The lowest BCUT2D eigenvalue weighted by atomic mass is 9.78. The Morgan fingerprint density at radius 1 is 0.480 bits per heavy atom. The molecule has 0 aromatic heterocycles. The molecule has 0 heteroatoms. The zero-order valence-electron chi connectivity index (χ0n) is 18.8. The summed E-state index contributed by atoms with van der Waals surface area (Å²) in [6.45, 7) is 12.0. The van der Waals surface area contributed by atoms with Crippen LogP contribution in [0.1, 0.15) is 150 Å². The molecule has 25 heavy (non-hydrogen) atoms. The van der Waals surface area contributed by atoms with E-state index in [1.807, 2.05) is 0 Å². The molecule has 0 nitrogen and oxygen atoms in total. The summed E-state index contributed by atoms with van der Waals surface area (Å²) in [5.41, 5.74) is 0.567. The summed E-state index contributed by atoms with van der Waals surface area (Å²) in [4.78, 5) is 0. The molecule has 0 saturated heterocycles. The first-order valence-electron chi connectivity index (χ1n) is 12.1. The Morgan fingerprint density at radius 3 is 1.48 bits per heavy atom. The fourth-order valence-corrected chi connectivity index (χ4v) is 4.08.